The molecule has 8 heteroatoms. The van der Waals surface area contributed by atoms with Gasteiger partial charge in [-0.1, -0.05) is 25.0 Å². The summed E-state index contributed by atoms with van der Waals surface area (Å²) in [7, 11) is 0. The summed E-state index contributed by atoms with van der Waals surface area (Å²) in [4.78, 5) is 15.7. The average Bonchev–Trinajstić information content (AvgIpc) is 3.51. The van der Waals surface area contributed by atoms with Gasteiger partial charge in [0.2, 0.25) is 0 Å². The first-order valence-electron chi connectivity index (χ1n) is 10.0. The van der Waals surface area contributed by atoms with E-state index in [4.69, 9.17) is 11.5 Å². The SMILES string of the molecule is CC(C)(C)[S@@+]([O-])NC(CCC1CC1)(c1ccc(C(N)=O)nc1)c1ccc(F)c(N)c1. The van der Waals surface area contributed by atoms with Crippen molar-refractivity contribution >= 4 is 23.0 Å². The molecule has 2 aromatic rings. The number of anilines is 1. The molecule has 162 valence electrons. The second-order valence-electron chi connectivity index (χ2n) is 8.90. The molecule has 3 rings (SSSR count). The third kappa shape index (κ3) is 4.94. The van der Waals surface area contributed by atoms with E-state index in [1.807, 2.05) is 20.8 Å². The standard InChI is InChI=1S/C22H29FN4O2S/c1-21(2,3)30(29)27-22(11-10-14-4-5-14,15-6-8-17(23)18(24)12-15)16-7-9-19(20(25)28)26-13-16/h6-9,12-14,27H,4-5,10-11,24H2,1-3H3,(H2,25,28)/t22?,30-/m1/s1. The predicted octanol–water partition coefficient (Wildman–Crippen LogP) is 3.39. The molecule has 1 fully saturated rings. The smallest absolute Gasteiger partial charge is 0.267 e. The fourth-order valence-corrected chi connectivity index (χ4v) is 4.32. The largest absolute Gasteiger partial charge is 0.598 e. The van der Waals surface area contributed by atoms with Gasteiger partial charge in [-0.15, -0.1) is 4.72 Å². The topological polar surface area (TPSA) is 117 Å². The van der Waals surface area contributed by atoms with Crippen LogP contribution in [-0.2, 0) is 16.9 Å². The monoisotopic (exact) mass is 432 g/mol. The van der Waals surface area contributed by atoms with Gasteiger partial charge < -0.3 is 16.0 Å². The lowest BCUT2D eigenvalue weighted by Crippen LogP contribution is -2.52. The van der Waals surface area contributed by atoms with Crippen LogP contribution in [0.1, 0.15) is 68.1 Å². The Bertz CT molecular complexity index is 912. The molecular weight excluding hydrogens is 403 g/mol. The van der Waals surface area contributed by atoms with Crippen molar-refractivity contribution in [1.29, 1.82) is 0 Å². The molecule has 1 unspecified atom stereocenters. The van der Waals surface area contributed by atoms with E-state index in [1.165, 1.54) is 18.9 Å². The minimum Gasteiger partial charge on any atom is -0.598 e. The number of nitrogens with one attached hydrogen (secondary N) is 1. The fourth-order valence-electron chi connectivity index (χ4n) is 3.36. The van der Waals surface area contributed by atoms with E-state index < -0.39 is 33.4 Å². The lowest BCUT2D eigenvalue weighted by atomic mass is 9.80. The van der Waals surface area contributed by atoms with Gasteiger partial charge in [-0.2, -0.15) is 0 Å². The molecule has 1 aromatic carbocycles. The van der Waals surface area contributed by atoms with Crippen LogP contribution in [0.4, 0.5) is 10.1 Å². The van der Waals surface area contributed by atoms with E-state index in [0.717, 1.165) is 12.0 Å². The molecule has 1 aliphatic carbocycles. The Balaban J connectivity index is 2.15. The molecule has 6 nitrogen and oxygen atoms in total. The van der Waals surface area contributed by atoms with Crippen LogP contribution >= 0.6 is 0 Å². The van der Waals surface area contributed by atoms with Crippen molar-refractivity contribution in [2.24, 2.45) is 11.7 Å². The van der Waals surface area contributed by atoms with Crippen LogP contribution in [0.25, 0.3) is 0 Å². The molecule has 0 saturated heterocycles. The number of aromatic nitrogens is 1. The third-order valence-electron chi connectivity index (χ3n) is 5.45. The van der Waals surface area contributed by atoms with Gasteiger partial charge in [-0.25, -0.2) is 4.39 Å². The second kappa shape index (κ2) is 8.53. The van der Waals surface area contributed by atoms with Crippen LogP contribution in [-0.4, -0.2) is 20.2 Å². The number of carbonyl (C=O) groups is 1. The van der Waals surface area contributed by atoms with Crippen LogP contribution < -0.4 is 16.2 Å². The highest BCUT2D eigenvalue weighted by Gasteiger charge is 2.43. The van der Waals surface area contributed by atoms with E-state index in [2.05, 4.69) is 9.71 Å². The first kappa shape index (κ1) is 22.5. The average molecular weight is 433 g/mol. The van der Waals surface area contributed by atoms with Crippen molar-refractivity contribution in [1.82, 2.24) is 9.71 Å². The van der Waals surface area contributed by atoms with Crippen LogP contribution in [0.15, 0.2) is 36.5 Å². The van der Waals surface area contributed by atoms with Gasteiger partial charge in [0.05, 0.1) is 5.69 Å². The maximum Gasteiger partial charge on any atom is 0.267 e. The van der Waals surface area contributed by atoms with Gasteiger partial charge in [0.1, 0.15) is 21.8 Å². The van der Waals surface area contributed by atoms with E-state index in [0.29, 0.717) is 17.9 Å². The highest BCUT2D eigenvalue weighted by atomic mass is 32.2. The van der Waals surface area contributed by atoms with Crippen LogP contribution in [0.3, 0.4) is 0 Å². The normalized spacial score (nSPS) is 17.4. The van der Waals surface area contributed by atoms with Crippen molar-refractivity contribution in [3.63, 3.8) is 0 Å². The minimum atomic E-state index is -1.43. The molecule has 1 heterocycles. The van der Waals surface area contributed by atoms with E-state index in [1.54, 1.807) is 30.5 Å². The van der Waals surface area contributed by atoms with Crippen molar-refractivity contribution in [3.8, 4) is 0 Å². The van der Waals surface area contributed by atoms with E-state index in [-0.39, 0.29) is 11.4 Å². The maximum atomic E-state index is 13.9. The van der Waals surface area contributed by atoms with Crippen molar-refractivity contribution < 1.29 is 13.7 Å². The number of rotatable bonds is 8. The maximum absolute atomic E-state index is 13.9. The Morgan fingerprint density at radius 3 is 2.43 bits per heavy atom. The molecule has 0 spiro atoms. The first-order valence-corrected chi connectivity index (χ1v) is 11.2. The lowest BCUT2D eigenvalue weighted by Gasteiger charge is -2.38. The third-order valence-corrected chi connectivity index (χ3v) is 7.09. The zero-order valence-corrected chi connectivity index (χ0v) is 18.4. The predicted molar refractivity (Wildman–Crippen MR) is 117 cm³/mol. The van der Waals surface area contributed by atoms with Crippen molar-refractivity contribution in [3.05, 3.63) is 59.2 Å². The Kier molecular flexibility index (Phi) is 6.40. The summed E-state index contributed by atoms with van der Waals surface area (Å²) in [6.07, 6.45) is 5.44. The summed E-state index contributed by atoms with van der Waals surface area (Å²) in [5.41, 5.74) is 11.9. The number of hydrogen-bond acceptors (Lipinski definition) is 5. The number of amides is 1. The number of nitrogen functional groups attached to an aromatic ring is 1. The van der Waals surface area contributed by atoms with Crippen molar-refractivity contribution in [2.75, 3.05) is 5.73 Å². The zero-order valence-electron chi connectivity index (χ0n) is 17.6. The van der Waals surface area contributed by atoms with Gasteiger partial charge >= 0.3 is 0 Å². The molecular formula is C22H29FN4O2S. The van der Waals surface area contributed by atoms with Gasteiger partial charge in [0.15, 0.2) is 0 Å². The Labute approximate surface area is 180 Å². The number of carbonyl (C=O) groups excluding carboxylic acids is 1. The van der Waals surface area contributed by atoms with Gasteiger partial charge in [0.25, 0.3) is 5.91 Å². The molecule has 1 aliphatic rings. The van der Waals surface area contributed by atoms with Crippen molar-refractivity contribution in [2.45, 2.75) is 56.7 Å². The summed E-state index contributed by atoms with van der Waals surface area (Å²) >= 11 is -1.43. The second-order valence-corrected chi connectivity index (χ2v) is 10.9. The molecule has 30 heavy (non-hydrogen) atoms. The lowest BCUT2D eigenvalue weighted by molar-refractivity contribution is 0.0995. The summed E-state index contributed by atoms with van der Waals surface area (Å²) in [6, 6.07) is 7.87. The summed E-state index contributed by atoms with van der Waals surface area (Å²) in [5, 5.41) is 0. The van der Waals surface area contributed by atoms with Gasteiger partial charge in [0, 0.05) is 17.6 Å². The Morgan fingerprint density at radius 2 is 1.93 bits per heavy atom. The molecule has 1 saturated carbocycles. The van der Waals surface area contributed by atoms with Gasteiger partial charge in [-0.05, 0) is 68.9 Å². The molecule has 0 bridgehead atoms. The molecule has 0 aliphatic heterocycles. The summed E-state index contributed by atoms with van der Waals surface area (Å²) < 4.78 is 29.9. The highest BCUT2D eigenvalue weighted by molar-refractivity contribution is 7.90. The Morgan fingerprint density at radius 1 is 1.27 bits per heavy atom. The molecule has 5 N–H and O–H groups in total. The molecule has 1 aromatic heterocycles. The van der Waals surface area contributed by atoms with Crippen LogP contribution in [0.2, 0.25) is 0 Å². The quantitative estimate of drug-likeness (QED) is 0.437. The summed E-state index contributed by atoms with van der Waals surface area (Å²) in [5.74, 6) is -0.513. The number of halogens is 1. The first-order chi connectivity index (χ1) is 14.0. The van der Waals surface area contributed by atoms with Gasteiger partial charge in [-0.3, -0.25) is 9.78 Å². The number of benzene rings is 1. The molecule has 0 radical (unpaired) electrons. The Hall–Kier alpha value is -2.16. The highest BCUT2D eigenvalue weighted by Crippen LogP contribution is 2.42. The fraction of sp³-hybridized carbons (Fsp3) is 0.455. The van der Waals surface area contributed by atoms with Crippen LogP contribution in [0, 0.1) is 11.7 Å². The summed E-state index contributed by atoms with van der Waals surface area (Å²) in [6.45, 7) is 5.65. The van der Waals surface area contributed by atoms with Crippen LogP contribution in [0.5, 0.6) is 0 Å². The number of nitrogens with two attached hydrogens (primary N) is 2. The number of hydrogen-bond donors (Lipinski definition) is 3. The number of pyridine rings is 1. The molecule has 1 amide bonds. The zero-order chi connectivity index (χ0) is 22.1. The van der Waals surface area contributed by atoms with E-state index in [9.17, 15) is 13.7 Å². The number of primary amides is 1. The minimum absolute atomic E-state index is 0.0216. The van der Waals surface area contributed by atoms with E-state index >= 15 is 0 Å². The number of nitrogens with zero attached hydrogens (tertiary/aromatic N) is 1. The molecule has 2 atom stereocenters.